The van der Waals surface area contributed by atoms with Crippen molar-refractivity contribution in [1.29, 1.82) is 0 Å². The number of hydrogen-bond acceptors (Lipinski definition) is 3. The van der Waals surface area contributed by atoms with Crippen LogP contribution in [0.3, 0.4) is 0 Å². The third-order valence-electron chi connectivity index (χ3n) is 1.68. The quantitative estimate of drug-likeness (QED) is 0.744. The summed E-state index contributed by atoms with van der Waals surface area (Å²) in [7, 11) is 0. The molecule has 0 saturated heterocycles. The van der Waals surface area contributed by atoms with Crippen molar-refractivity contribution in [3.8, 4) is 0 Å². The fourth-order valence-electron chi connectivity index (χ4n) is 0.945. The zero-order chi connectivity index (χ0) is 9.52. The maximum Gasteiger partial charge on any atom is 0.220 e. The Morgan fingerprint density at radius 2 is 2.46 bits per heavy atom. The second kappa shape index (κ2) is 5.72. The first-order chi connectivity index (χ1) is 6.33. The van der Waals surface area contributed by atoms with E-state index in [1.54, 1.807) is 11.3 Å². The lowest BCUT2D eigenvalue weighted by atomic mass is 10.3. The van der Waals surface area contributed by atoms with Crippen molar-refractivity contribution in [2.45, 2.75) is 19.4 Å². The molecule has 0 unspecified atom stereocenters. The minimum absolute atomic E-state index is 0.0802. The summed E-state index contributed by atoms with van der Waals surface area (Å²) in [6.07, 6.45) is 1.29. The molecule has 0 saturated carbocycles. The van der Waals surface area contributed by atoms with Gasteiger partial charge in [0.05, 0.1) is 0 Å². The molecular formula is C9H14N2OS. The van der Waals surface area contributed by atoms with Gasteiger partial charge in [-0.1, -0.05) is 0 Å². The van der Waals surface area contributed by atoms with Crippen molar-refractivity contribution < 1.29 is 4.79 Å². The molecular weight excluding hydrogens is 184 g/mol. The van der Waals surface area contributed by atoms with Crippen molar-refractivity contribution in [3.63, 3.8) is 0 Å². The van der Waals surface area contributed by atoms with E-state index in [-0.39, 0.29) is 5.91 Å². The molecule has 0 aliphatic heterocycles. The van der Waals surface area contributed by atoms with Gasteiger partial charge in [0.15, 0.2) is 0 Å². The number of carbonyl (C=O) groups excluding carboxylic acids is 1. The number of thiophene rings is 1. The van der Waals surface area contributed by atoms with Gasteiger partial charge < -0.3 is 11.1 Å². The van der Waals surface area contributed by atoms with E-state index in [0.29, 0.717) is 19.5 Å². The second-order valence-electron chi connectivity index (χ2n) is 2.80. The monoisotopic (exact) mass is 198 g/mol. The van der Waals surface area contributed by atoms with Crippen LogP contribution in [0.25, 0.3) is 0 Å². The van der Waals surface area contributed by atoms with E-state index < -0.39 is 0 Å². The number of amides is 1. The minimum atomic E-state index is 0.0802. The number of nitrogens with two attached hydrogens (primary N) is 1. The summed E-state index contributed by atoms with van der Waals surface area (Å²) in [5.74, 6) is 0.0802. The molecule has 0 atom stereocenters. The Hall–Kier alpha value is -0.870. The van der Waals surface area contributed by atoms with E-state index in [2.05, 4.69) is 5.32 Å². The predicted molar refractivity (Wildman–Crippen MR) is 54.5 cm³/mol. The van der Waals surface area contributed by atoms with Crippen molar-refractivity contribution in [2.24, 2.45) is 5.73 Å². The van der Waals surface area contributed by atoms with Crippen LogP contribution in [0.5, 0.6) is 0 Å². The fraction of sp³-hybridized carbons (Fsp3) is 0.444. The number of hydrogen-bond donors (Lipinski definition) is 2. The first-order valence-corrected chi connectivity index (χ1v) is 5.25. The van der Waals surface area contributed by atoms with E-state index >= 15 is 0 Å². The van der Waals surface area contributed by atoms with Crippen molar-refractivity contribution in [2.75, 3.05) is 6.54 Å². The molecule has 1 aromatic heterocycles. The molecule has 1 heterocycles. The van der Waals surface area contributed by atoms with E-state index in [9.17, 15) is 4.79 Å². The van der Waals surface area contributed by atoms with Gasteiger partial charge in [0.25, 0.3) is 0 Å². The molecule has 0 bridgehead atoms. The molecule has 3 nitrogen and oxygen atoms in total. The zero-order valence-corrected chi connectivity index (χ0v) is 8.27. The van der Waals surface area contributed by atoms with Crippen molar-refractivity contribution in [1.82, 2.24) is 5.32 Å². The largest absolute Gasteiger partial charge is 0.352 e. The number of carbonyl (C=O) groups is 1. The molecule has 0 aliphatic rings. The van der Waals surface area contributed by atoms with Crippen molar-refractivity contribution >= 4 is 17.2 Å². The van der Waals surface area contributed by atoms with E-state index in [4.69, 9.17) is 5.73 Å². The van der Waals surface area contributed by atoms with E-state index in [1.807, 2.05) is 16.8 Å². The molecule has 1 amide bonds. The molecule has 4 heteroatoms. The molecule has 72 valence electrons. The molecule has 0 aromatic carbocycles. The first-order valence-electron chi connectivity index (χ1n) is 4.31. The highest BCUT2D eigenvalue weighted by Gasteiger charge is 1.99. The summed E-state index contributed by atoms with van der Waals surface area (Å²) >= 11 is 1.64. The Kier molecular flexibility index (Phi) is 4.49. The standard InChI is InChI=1S/C9H14N2OS/c10-4-1-2-9(12)11-6-8-3-5-13-7-8/h3,5,7H,1-2,4,6,10H2,(H,11,12). The highest BCUT2D eigenvalue weighted by atomic mass is 32.1. The van der Waals surface area contributed by atoms with E-state index in [1.165, 1.54) is 0 Å². The SMILES string of the molecule is NCCCC(=O)NCc1ccsc1. The maximum absolute atomic E-state index is 11.1. The van der Waals surface area contributed by atoms with Gasteiger partial charge in [-0.05, 0) is 35.4 Å². The third kappa shape index (κ3) is 4.05. The molecule has 13 heavy (non-hydrogen) atoms. The van der Waals surface area contributed by atoms with Gasteiger partial charge >= 0.3 is 0 Å². The van der Waals surface area contributed by atoms with Gasteiger partial charge in [-0.2, -0.15) is 11.3 Å². The van der Waals surface area contributed by atoms with Gasteiger partial charge in [0.1, 0.15) is 0 Å². The molecule has 3 N–H and O–H groups in total. The molecule has 0 aliphatic carbocycles. The summed E-state index contributed by atoms with van der Waals surface area (Å²) < 4.78 is 0. The zero-order valence-electron chi connectivity index (χ0n) is 7.45. The van der Waals surface area contributed by atoms with Crippen LogP contribution in [-0.4, -0.2) is 12.5 Å². The Morgan fingerprint density at radius 1 is 1.62 bits per heavy atom. The number of rotatable bonds is 5. The van der Waals surface area contributed by atoms with Gasteiger partial charge in [0, 0.05) is 13.0 Å². The summed E-state index contributed by atoms with van der Waals surface area (Å²) in [5, 5.41) is 6.86. The van der Waals surface area contributed by atoms with Gasteiger partial charge in [-0.25, -0.2) is 0 Å². The van der Waals surface area contributed by atoms with Crippen LogP contribution in [0.2, 0.25) is 0 Å². The minimum Gasteiger partial charge on any atom is -0.352 e. The van der Waals surface area contributed by atoms with Crippen LogP contribution in [-0.2, 0) is 11.3 Å². The lowest BCUT2D eigenvalue weighted by molar-refractivity contribution is -0.121. The summed E-state index contributed by atoms with van der Waals surface area (Å²) in [5.41, 5.74) is 6.45. The highest BCUT2D eigenvalue weighted by Crippen LogP contribution is 2.04. The molecule has 1 aromatic rings. The average molecular weight is 198 g/mol. The summed E-state index contributed by atoms with van der Waals surface area (Å²) in [6.45, 7) is 1.21. The fourth-order valence-corrected chi connectivity index (χ4v) is 1.61. The molecule has 0 radical (unpaired) electrons. The van der Waals surface area contributed by atoms with Crippen LogP contribution in [0, 0.1) is 0 Å². The summed E-state index contributed by atoms with van der Waals surface area (Å²) in [6, 6.07) is 2.01. The average Bonchev–Trinajstić information content (AvgIpc) is 2.64. The van der Waals surface area contributed by atoms with Crippen molar-refractivity contribution in [3.05, 3.63) is 22.4 Å². The van der Waals surface area contributed by atoms with Gasteiger partial charge in [-0.15, -0.1) is 0 Å². The maximum atomic E-state index is 11.1. The smallest absolute Gasteiger partial charge is 0.220 e. The van der Waals surface area contributed by atoms with Crippen LogP contribution >= 0.6 is 11.3 Å². The van der Waals surface area contributed by atoms with Crippen LogP contribution < -0.4 is 11.1 Å². The topological polar surface area (TPSA) is 55.1 Å². The Bertz CT molecular complexity index is 246. The number of nitrogens with one attached hydrogen (secondary N) is 1. The first kappa shape index (κ1) is 10.2. The lowest BCUT2D eigenvalue weighted by Gasteiger charge is -2.02. The summed E-state index contributed by atoms with van der Waals surface area (Å²) in [4.78, 5) is 11.1. The Balaban J connectivity index is 2.15. The lowest BCUT2D eigenvalue weighted by Crippen LogP contribution is -2.22. The third-order valence-corrected chi connectivity index (χ3v) is 2.41. The van der Waals surface area contributed by atoms with Crippen LogP contribution in [0.4, 0.5) is 0 Å². The van der Waals surface area contributed by atoms with E-state index in [0.717, 1.165) is 12.0 Å². The Labute approximate surface area is 81.9 Å². The Morgan fingerprint density at radius 3 is 3.08 bits per heavy atom. The molecule has 0 spiro atoms. The predicted octanol–water partition coefficient (Wildman–Crippen LogP) is 1.10. The van der Waals surface area contributed by atoms with Crippen LogP contribution in [0.1, 0.15) is 18.4 Å². The second-order valence-corrected chi connectivity index (χ2v) is 3.58. The highest BCUT2D eigenvalue weighted by molar-refractivity contribution is 7.07. The normalized spacial score (nSPS) is 9.92. The molecule has 0 fully saturated rings. The van der Waals surface area contributed by atoms with Crippen LogP contribution in [0.15, 0.2) is 16.8 Å². The molecule has 1 rings (SSSR count). The van der Waals surface area contributed by atoms with Gasteiger partial charge in [0.2, 0.25) is 5.91 Å². The van der Waals surface area contributed by atoms with Gasteiger partial charge in [-0.3, -0.25) is 4.79 Å².